The number of halogens is 1. The van der Waals surface area contributed by atoms with Gasteiger partial charge >= 0.3 is 0 Å². The van der Waals surface area contributed by atoms with Crippen molar-refractivity contribution in [2.24, 2.45) is 0 Å². The van der Waals surface area contributed by atoms with Gasteiger partial charge in [-0.3, -0.25) is 0 Å². The van der Waals surface area contributed by atoms with Gasteiger partial charge in [0.1, 0.15) is 5.67 Å². The van der Waals surface area contributed by atoms with E-state index < -0.39 is 5.67 Å². The number of hydrogen-bond acceptors (Lipinski definition) is 1. The molecule has 0 rings (SSSR count). The predicted molar refractivity (Wildman–Crippen MR) is 56.5 cm³/mol. The lowest BCUT2D eigenvalue weighted by atomic mass is 9.93. The van der Waals surface area contributed by atoms with E-state index in [1.54, 1.807) is 0 Å². The maximum Gasteiger partial charge on any atom is 0.111 e. The van der Waals surface area contributed by atoms with Crippen molar-refractivity contribution >= 4 is 0 Å². The molecule has 2 heteroatoms. The Labute approximate surface area is 81.6 Å². The third-order valence-electron chi connectivity index (χ3n) is 2.76. The fourth-order valence-corrected chi connectivity index (χ4v) is 1.20. The number of rotatable bonds is 6. The molecule has 0 spiro atoms. The van der Waals surface area contributed by atoms with Crippen molar-refractivity contribution in [2.75, 3.05) is 14.1 Å². The van der Waals surface area contributed by atoms with Gasteiger partial charge in [-0.15, -0.1) is 0 Å². The fourth-order valence-electron chi connectivity index (χ4n) is 1.20. The number of alkyl halides is 1. The molecule has 0 bridgehead atoms. The van der Waals surface area contributed by atoms with Gasteiger partial charge in [0.15, 0.2) is 0 Å². The minimum atomic E-state index is -0.987. The molecule has 78 valence electrons. The second-order valence-corrected chi connectivity index (χ2v) is 3.82. The molecule has 0 unspecified atom stereocenters. The first-order valence-electron chi connectivity index (χ1n) is 4.99. The second kappa shape index (κ2) is 5.25. The quantitative estimate of drug-likeness (QED) is 0.616. The molecule has 0 aromatic carbocycles. The molecule has 0 aliphatic rings. The highest BCUT2D eigenvalue weighted by Gasteiger charge is 2.24. The van der Waals surface area contributed by atoms with Gasteiger partial charge in [0, 0.05) is 19.8 Å². The summed E-state index contributed by atoms with van der Waals surface area (Å²) in [7, 11) is 3.89. The molecule has 0 radical (unpaired) electrons. The Kier molecular flexibility index (Phi) is 5.04. The lowest BCUT2D eigenvalue weighted by Gasteiger charge is -2.24. The van der Waals surface area contributed by atoms with Crippen molar-refractivity contribution in [3.05, 3.63) is 12.3 Å². The van der Waals surface area contributed by atoms with Crippen molar-refractivity contribution < 1.29 is 4.39 Å². The molecule has 0 aromatic heterocycles. The van der Waals surface area contributed by atoms with Crippen LogP contribution in [-0.4, -0.2) is 24.7 Å². The van der Waals surface area contributed by atoms with Crippen molar-refractivity contribution in [2.45, 2.75) is 45.2 Å². The minimum Gasteiger partial charge on any atom is -0.381 e. The third kappa shape index (κ3) is 4.30. The van der Waals surface area contributed by atoms with Crippen molar-refractivity contribution in [3.63, 3.8) is 0 Å². The summed E-state index contributed by atoms with van der Waals surface area (Å²) in [5.74, 6) is 0. The van der Waals surface area contributed by atoms with Crippen LogP contribution in [0.1, 0.15) is 39.5 Å². The summed E-state index contributed by atoms with van der Waals surface area (Å²) in [6.07, 6.45) is 2.55. The molecular weight excluding hydrogens is 165 g/mol. The van der Waals surface area contributed by atoms with Gasteiger partial charge in [0.25, 0.3) is 0 Å². The smallest absolute Gasteiger partial charge is 0.111 e. The SMILES string of the molecule is C=C(CCC(F)(CC)CC)N(C)C. The molecule has 0 saturated heterocycles. The first kappa shape index (κ1) is 12.5. The van der Waals surface area contributed by atoms with Crippen LogP contribution in [0.3, 0.4) is 0 Å². The number of nitrogens with zero attached hydrogens (tertiary/aromatic N) is 1. The van der Waals surface area contributed by atoms with Gasteiger partial charge in [-0.1, -0.05) is 20.4 Å². The van der Waals surface area contributed by atoms with Crippen LogP contribution in [-0.2, 0) is 0 Å². The van der Waals surface area contributed by atoms with Crippen LogP contribution in [0.25, 0.3) is 0 Å². The topological polar surface area (TPSA) is 3.24 Å². The van der Waals surface area contributed by atoms with Gasteiger partial charge in [-0.2, -0.15) is 0 Å². The molecule has 0 aliphatic heterocycles. The third-order valence-corrected chi connectivity index (χ3v) is 2.76. The maximum absolute atomic E-state index is 13.8. The normalized spacial score (nSPS) is 11.5. The lowest BCUT2D eigenvalue weighted by molar-refractivity contribution is 0.136. The van der Waals surface area contributed by atoms with E-state index in [0.29, 0.717) is 19.3 Å². The molecule has 0 saturated carbocycles. The van der Waals surface area contributed by atoms with E-state index in [1.165, 1.54) is 0 Å². The van der Waals surface area contributed by atoms with Gasteiger partial charge in [0.2, 0.25) is 0 Å². The predicted octanol–water partition coefficient (Wildman–Crippen LogP) is 3.37. The zero-order valence-electron chi connectivity index (χ0n) is 9.36. The molecule has 1 nitrogen and oxygen atoms in total. The second-order valence-electron chi connectivity index (χ2n) is 3.82. The van der Waals surface area contributed by atoms with E-state index in [0.717, 1.165) is 12.1 Å². The lowest BCUT2D eigenvalue weighted by Crippen LogP contribution is -2.22. The molecule has 0 heterocycles. The van der Waals surface area contributed by atoms with Crippen molar-refractivity contribution in [3.8, 4) is 0 Å². The summed E-state index contributed by atoms with van der Waals surface area (Å²) < 4.78 is 13.8. The van der Waals surface area contributed by atoms with Gasteiger partial charge in [-0.25, -0.2) is 4.39 Å². The first-order chi connectivity index (χ1) is 5.95. The molecule has 0 fully saturated rings. The van der Waals surface area contributed by atoms with Crippen LogP contribution in [0, 0.1) is 0 Å². The summed E-state index contributed by atoms with van der Waals surface area (Å²) in [4.78, 5) is 1.95. The van der Waals surface area contributed by atoms with E-state index in [9.17, 15) is 4.39 Å². The van der Waals surface area contributed by atoms with Crippen molar-refractivity contribution in [1.82, 2.24) is 4.90 Å². The zero-order chi connectivity index (χ0) is 10.5. The van der Waals surface area contributed by atoms with Gasteiger partial charge in [0.05, 0.1) is 0 Å². The Hall–Kier alpha value is -0.530. The highest BCUT2D eigenvalue weighted by Crippen LogP contribution is 2.27. The van der Waals surface area contributed by atoms with Crippen LogP contribution in [0.15, 0.2) is 12.3 Å². The largest absolute Gasteiger partial charge is 0.381 e. The highest BCUT2D eigenvalue weighted by atomic mass is 19.1. The molecule has 0 aliphatic carbocycles. The Morgan fingerprint density at radius 1 is 1.31 bits per heavy atom. The molecule has 0 atom stereocenters. The van der Waals surface area contributed by atoms with Crippen LogP contribution in [0.2, 0.25) is 0 Å². The van der Waals surface area contributed by atoms with E-state index in [2.05, 4.69) is 6.58 Å². The molecule has 0 N–H and O–H groups in total. The fraction of sp³-hybridized carbons (Fsp3) is 0.818. The van der Waals surface area contributed by atoms with E-state index in [4.69, 9.17) is 0 Å². The molecular formula is C11H22FN. The van der Waals surface area contributed by atoms with Crippen LogP contribution >= 0.6 is 0 Å². The Bertz CT molecular complexity index is 159. The summed E-state index contributed by atoms with van der Waals surface area (Å²) in [5, 5.41) is 0. The number of hydrogen-bond donors (Lipinski definition) is 0. The van der Waals surface area contributed by atoms with E-state index in [1.807, 2.05) is 32.8 Å². The van der Waals surface area contributed by atoms with Crippen molar-refractivity contribution in [1.29, 1.82) is 0 Å². The number of allylic oxidation sites excluding steroid dienone is 1. The Morgan fingerprint density at radius 2 is 1.77 bits per heavy atom. The Balaban J connectivity index is 3.92. The standard InChI is InChI=1S/C11H22FN/c1-6-11(12,7-2)9-8-10(3)13(4)5/h3,6-9H2,1-2,4-5H3. The average Bonchev–Trinajstić information content (AvgIpc) is 2.13. The maximum atomic E-state index is 13.8. The van der Waals surface area contributed by atoms with Gasteiger partial charge in [-0.05, 0) is 25.7 Å². The monoisotopic (exact) mass is 187 g/mol. The molecule has 13 heavy (non-hydrogen) atoms. The van der Waals surface area contributed by atoms with Crippen LogP contribution < -0.4 is 0 Å². The van der Waals surface area contributed by atoms with E-state index >= 15 is 0 Å². The highest BCUT2D eigenvalue weighted by molar-refractivity contribution is 4.93. The zero-order valence-corrected chi connectivity index (χ0v) is 9.36. The first-order valence-corrected chi connectivity index (χ1v) is 4.99. The summed E-state index contributed by atoms with van der Waals surface area (Å²) >= 11 is 0. The van der Waals surface area contributed by atoms with Crippen LogP contribution in [0.5, 0.6) is 0 Å². The summed E-state index contributed by atoms with van der Waals surface area (Å²) in [6, 6.07) is 0. The summed E-state index contributed by atoms with van der Waals surface area (Å²) in [5.41, 5.74) is 0.0165. The molecule has 0 amide bonds. The van der Waals surface area contributed by atoms with Gasteiger partial charge < -0.3 is 4.90 Å². The average molecular weight is 187 g/mol. The molecule has 0 aromatic rings. The Morgan fingerprint density at radius 3 is 2.08 bits per heavy atom. The summed E-state index contributed by atoms with van der Waals surface area (Å²) in [6.45, 7) is 7.69. The van der Waals surface area contributed by atoms with Crippen LogP contribution in [0.4, 0.5) is 4.39 Å². The minimum absolute atomic E-state index is 0.594. The van der Waals surface area contributed by atoms with E-state index in [-0.39, 0.29) is 0 Å².